The summed E-state index contributed by atoms with van der Waals surface area (Å²) < 4.78 is 0. The van der Waals surface area contributed by atoms with Gasteiger partial charge in [0.2, 0.25) is 0 Å². The minimum Gasteiger partial charge on any atom is -0.312 e. The highest BCUT2D eigenvalue weighted by atomic mass is 16.7. The van der Waals surface area contributed by atoms with E-state index < -0.39 is 5.97 Å². The SMILES string of the molecule is Cc1ccc(C(=O)ON=C2C(=O)N(C)c3ccccc32)cc1. The van der Waals surface area contributed by atoms with Crippen molar-refractivity contribution in [2.75, 3.05) is 11.9 Å². The minimum absolute atomic E-state index is 0.138. The first-order valence-corrected chi connectivity index (χ1v) is 6.81. The van der Waals surface area contributed by atoms with E-state index in [1.165, 1.54) is 4.90 Å². The molecule has 5 nitrogen and oxygen atoms in total. The van der Waals surface area contributed by atoms with Gasteiger partial charge < -0.3 is 9.74 Å². The van der Waals surface area contributed by atoms with Gasteiger partial charge in [0.25, 0.3) is 5.91 Å². The maximum Gasteiger partial charge on any atom is 0.365 e. The Bertz CT molecular complexity index is 779. The molecule has 3 rings (SSSR count). The second kappa shape index (κ2) is 5.44. The molecule has 0 spiro atoms. The molecule has 1 amide bonds. The zero-order valence-corrected chi connectivity index (χ0v) is 12.2. The Balaban J connectivity index is 1.85. The van der Waals surface area contributed by atoms with E-state index in [0.29, 0.717) is 11.1 Å². The summed E-state index contributed by atoms with van der Waals surface area (Å²) >= 11 is 0. The lowest BCUT2D eigenvalue weighted by Gasteiger charge is -2.07. The second-order valence-corrected chi connectivity index (χ2v) is 5.07. The number of hydrogen-bond donors (Lipinski definition) is 0. The number of fused-ring (bicyclic) bond motifs is 1. The number of hydrogen-bond acceptors (Lipinski definition) is 4. The fourth-order valence-electron chi connectivity index (χ4n) is 2.27. The molecule has 1 heterocycles. The van der Waals surface area contributed by atoms with Gasteiger partial charge in [-0.1, -0.05) is 41.1 Å². The number of carbonyl (C=O) groups is 2. The normalized spacial score (nSPS) is 15.1. The monoisotopic (exact) mass is 294 g/mol. The Morgan fingerprint density at radius 3 is 2.50 bits per heavy atom. The summed E-state index contributed by atoms with van der Waals surface area (Å²) in [6.45, 7) is 1.93. The van der Waals surface area contributed by atoms with Gasteiger partial charge in [0.05, 0.1) is 11.3 Å². The highest BCUT2D eigenvalue weighted by Gasteiger charge is 2.32. The molecule has 0 bridgehead atoms. The number of oxime groups is 1. The number of benzene rings is 2. The number of nitrogens with zero attached hydrogens (tertiary/aromatic N) is 2. The van der Waals surface area contributed by atoms with Crippen LogP contribution in [0.5, 0.6) is 0 Å². The van der Waals surface area contributed by atoms with E-state index in [9.17, 15) is 9.59 Å². The lowest BCUT2D eigenvalue weighted by atomic mass is 10.1. The van der Waals surface area contributed by atoms with E-state index in [-0.39, 0.29) is 11.6 Å². The van der Waals surface area contributed by atoms with Crippen molar-refractivity contribution < 1.29 is 14.4 Å². The van der Waals surface area contributed by atoms with Crippen molar-refractivity contribution in [3.05, 3.63) is 65.2 Å². The molecule has 1 aliphatic heterocycles. The van der Waals surface area contributed by atoms with Gasteiger partial charge in [-0.3, -0.25) is 4.79 Å². The average Bonchev–Trinajstić information content (AvgIpc) is 2.78. The summed E-state index contributed by atoms with van der Waals surface area (Å²) in [6.07, 6.45) is 0. The molecule has 110 valence electrons. The maximum atomic E-state index is 12.2. The van der Waals surface area contributed by atoms with Crippen molar-refractivity contribution in [2.24, 2.45) is 5.16 Å². The zero-order valence-electron chi connectivity index (χ0n) is 12.2. The number of likely N-dealkylation sites (N-methyl/N-ethyl adjacent to an activating group) is 1. The van der Waals surface area contributed by atoms with Gasteiger partial charge in [-0.15, -0.1) is 0 Å². The van der Waals surface area contributed by atoms with Crippen LogP contribution in [-0.2, 0) is 9.63 Å². The van der Waals surface area contributed by atoms with Crippen LogP contribution in [0.1, 0.15) is 21.5 Å². The Labute approximate surface area is 127 Å². The fraction of sp³-hybridized carbons (Fsp3) is 0.118. The van der Waals surface area contributed by atoms with Gasteiger partial charge in [-0.2, -0.15) is 0 Å². The first-order chi connectivity index (χ1) is 10.6. The molecule has 0 atom stereocenters. The van der Waals surface area contributed by atoms with Crippen LogP contribution in [0.15, 0.2) is 53.7 Å². The largest absolute Gasteiger partial charge is 0.365 e. The van der Waals surface area contributed by atoms with Crippen molar-refractivity contribution in [3.63, 3.8) is 0 Å². The number of aryl methyl sites for hydroxylation is 1. The predicted octanol–water partition coefficient (Wildman–Crippen LogP) is 2.53. The molecule has 0 aliphatic carbocycles. The van der Waals surface area contributed by atoms with Crippen molar-refractivity contribution in [2.45, 2.75) is 6.92 Å². The maximum absolute atomic E-state index is 12.2. The third-order valence-electron chi connectivity index (χ3n) is 3.53. The van der Waals surface area contributed by atoms with Crippen LogP contribution in [0.25, 0.3) is 0 Å². The van der Waals surface area contributed by atoms with E-state index in [2.05, 4.69) is 5.16 Å². The Hall–Kier alpha value is -2.95. The molecule has 0 aromatic heterocycles. The van der Waals surface area contributed by atoms with Gasteiger partial charge in [0.1, 0.15) is 0 Å². The molecule has 2 aromatic rings. The summed E-state index contributed by atoms with van der Waals surface area (Å²) in [5, 5.41) is 3.77. The summed E-state index contributed by atoms with van der Waals surface area (Å²) in [7, 11) is 1.66. The Morgan fingerprint density at radius 2 is 1.77 bits per heavy atom. The second-order valence-electron chi connectivity index (χ2n) is 5.07. The van der Waals surface area contributed by atoms with Gasteiger partial charge in [0.15, 0.2) is 5.71 Å². The first kappa shape index (κ1) is 14.0. The molecule has 0 saturated heterocycles. The average molecular weight is 294 g/mol. The Morgan fingerprint density at radius 1 is 1.09 bits per heavy atom. The fourth-order valence-corrected chi connectivity index (χ4v) is 2.27. The highest BCUT2D eigenvalue weighted by molar-refractivity contribution is 6.54. The van der Waals surface area contributed by atoms with E-state index >= 15 is 0 Å². The van der Waals surface area contributed by atoms with Crippen LogP contribution in [0.4, 0.5) is 5.69 Å². The topological polar surface area (TPSA) is 59.0 Å². The lowest BCUT2D eigenvalue weighted by Crippen LogP contribution is -2.25. The molecule has 0 saturated carbocycles. The summed E-state index contributed by atoms with van der Waals surface area (Å²) in [5.41, 5.74) is 2.98. The van der Waals surface area contributed by atoms with Gasteiger partial charge in [-0.05, 0) is 25.1 Å². The van der Waals surface area contributed by atoms with Crippen LogP contribution >= 0.6 is 0 Å². The van der Waals surface area contributed by atoms with Crippen LogP contribution < -0.4 is 4.90 Å². The predicted molar refractivity (Wildman–Crippen MR) is 83.0 cm³/mol. The molecular formula is C17H14N2O3. The van der Waals surface area contributed by atoms with Crippen molar-refractivity contribution >= 4 is 23.3 Å². The zero-order chi connectivity index (χ0) is 15.7. The van der Waals surface area contributed by atoms with Crippen LogP contribution in [0.2, 0.25) is 0 Å². The van der Waals surface area contributed by atoms with E-state index in [0.717, 1.165) is 11.3 Å². The van der Waals surface area contributed by atoms with E-state index in [1.807, 2.05) is 37.3 Å². The van der Waals surface area contributed by atoms with E-state index in [4.69, 9.17) is 4.84 Å². The molecule has 5 heteroatoms. The molecule has 0 fully saturated rings. The standard InChI is InChI=1S/C17H14N2O3/c1-11-7-9-12(10-8-11)17(21)22-18-15-13-5-3-4-6-14(13)19(2)16(15)20/h3-10H,1-2H3. The highest BCUT2D eigenvalue weighted by Crippen LogP contribution is 2.27. The number of carbonyl (C=O) groups excluding carboxylic acids is 2. The number of amides is 1. The van der Waals surface area contributed by atoms with Crippen molar-refractivity contribution in [1.82, 2.24) is 0 Å². The number of rotatable bonds is 2. The van der Waals surface area contributed by atoms with Crippen molar-refractivity contribution in [3.8, 4) is 0 Å². The van der Waals surface area contributed by atoms with Gasteiger partial charge in [-0.25, -0.2) is 4.79 Å². The third-order valence-corrected chi connectivity index (χ3v) is 3.53. The molecule has 0 unspecified atom stereocenters. The summed E-state index contributed by atoms with van der Waals surface area (Å²) in [4.78, 5) is 30.5. The molecule has 22 heavy (non-hydrogen) atoms. The number of para-hydroxylation sites is 1. The number of anilines is 1. The lowest BCUT2D eigenvalue weighted by molar-refractivity contribution is -0.112. The molecule has 0 radical (unpaired) electrons. The smallest absolute Gasteiger partial charge is 0.312 e. The quantitative estimate of drug-likeness (QED) is 0.631. The van der Waals surface area contributed by atoms with Crippen LogP contribution in [0, 0.1) is 6.92 Å². The summed E-state index contributed by atoms with van der Waals surface area (Å²) in [5.74, 6) is -0.884. The van der Waals surface area contributed by atoms with E-state index in [1.54, 1.807) is 25.2 Å². The van der Waals surface area contributed by atoms with Crippen molar-refractivity contribution in [1.29, 1.82) is 0 Å². The third kappa shape index (κ3) is 2.37. The van der Waals surface area contributed by atoms with Gasteiger partial charge >= 0.3 is 5.97 Å². The minimum atomic E-state index is -0.590. The van der Waals surface area contributed by atoms with Crippen LogP contribution in [-0.4, -0.2) is 24.6 Å². The van der Waals surface area contributed by atoms with Crippen LogP contribution in [0.3, 0.4) is 0 Å². The Kier molecular flexibility index (Phi) is 3.47. The molecular weight excluding hydrogens is 280 g/mol. The molecule has 2 aromatic carbocycles. The summed E-state index contributed by atoms with van der Waals surface area (Å²) in [6, 6.07) is 14.2. The molecule has 0 N–H and O–H groups in total. The first-order valence-electron chi connectivity index (χ1n) is 6.81. The molecule has 1 aliphatic rings. The van der Waals surface area contributed by atoms with Gasteiger partial charge in [0, 0.05) is 12.6 Å².